The zero-order valence-electron chi connectivity index (χ0n) is 16.7. The first kappa shape index (κ1) is 20.0. The number of benzene rings is 2. The molecule has 0 aliphatic heterocycles. The second kappa shape index (κ2) is 8.52. The Bertz CT molecular complexity index is 1080. The molecule has 2 aromatic carbocycles. The van der Waals surface area contributed by atoms with E-state index >= 15 is 0 Å². The van der Waals surface area contributed by atoms with Gasteiger partial charge < -0.3 is 15.4 Å². The fourth-order valence-electron chi connectivity index (χ4n) is 2.75. The number of nitrogens with one attached hydrogen (secondary N) is 2. The third kappa shape index (κ3) is 4.95. The van der Waals surface area contributed by atoms with Crippen LogP contribution in [0.4, 0.5) is 17.2 Å². The van der Waals surface area contributed by atoms with E-state index in [0.717, 1.165) is 11.3 Å². The molecule has 0 saturated carbocycles. The smallest absolute Gasteiger partial charge is 0.337 e. The molecule has 0 aliphatic carbocycles. The van der Waals surface area contributed by atoms with Gasteiger partial charge in [-0.15, -0.1) is 0 Å². The summed E-state index contributed by atoms with van der Waals surface area (Å²) in [6.45, 7) is 5.80. The van der Waals surface area contributed by atoms with Gasteiger partial charge in [-0.2, -0.15) is 0 Å². The van der Waals surface area contributed by atoms with Crippen LogP contribution in [0.15, 0.2) is 48.5 Å². The molecule has 0 fully saturated rings. The normalized spacial score (nSPS) is 10.3. The van der Waals surface area contributed by atoms with Crippen molar-refractivity contribution in [3.8, 4) is 0 Å². The number of anilines is 3. The summed E-state index contributed by atoms with van der Waals surface area (Å²) in [4.78, 5) is 32.9. The predicted octanol–water partition coefficient (Wildman–Crippen LogP) is 4.18. The van der Waals surface area contributed by atoms with Gasteiger partial charge in [0.1, 0.15) is 17.3 Å². The number of hydrogen-bond donors (Lipinski definition) is 2. The highest BCUT2D eigenvalue weighted by Gasteiger charge is 2.13. The first-order chi connectivity index (χ1) is 13.9. The second-order valence-corrected chi connectivity index (χ2v) is 6.64. The second-order valence-electron chi connectivity index (χ2n) is 6.64. The molecule has 1 aromatic heterocycles. The average molecular weight is 390 g/mol. The van der Waals surface area contributed by atoms with E-state index < -0.39 is 11.9 Å². The van der Waals surface area contributed by atoms with Crippen LogP contribution in [-0.2, 0) is 4.74 Å². The van der Waals surface area contributed by atoms with Crippen molar-refractivity contribution in [1.29, 1.82) is 0 Å². The van der Waals surface area contributed by atoms with E-state index in [2.05, 4.69) is 20.6 Å². The number of aryl methyl sites for hydroxylation is 3. The standard InChI is InChI=1S/C22H22N4O3/c1-13-8-9-18(10-14(13)2)25-20-12-19(23-15(3)24-20)21(27)26-17-7-5-6-16(11-17)22(28)29-4/h5-12H,1-4H3,(H,26,27)(H,23,24,25). The molecule has 3 rings (SSSR count). The monoisotopic (exact) mass is 390 g/mol. The Hall–Kier alpha value is -3.74. The van der Waals surface area contributed by atoms with E-state index in [1.54, 1.807) is 37.3 Å². The van der Waals surface area contributed by atoms with Crippen molar-refractivity contribution in [2.45, 2.75) is 20.8 Å². The minimum atomic E-state index is -0.473. The van der Waals surface area contributed by atoms with Crippen LogP contribution < -0.4 is 10.6 Å². The van der Waals surface area contributed by atoms with Gasteiger partial charge >= 0.3 is 5.97 Å². The van der Waals surface area contributed by atoms with E-state index in [4.69, 9.17) is 4.74 Å². The summed E-state index contributed by atoms with van der Waals surface area (Å²) >= 11 is 0. The average Bonchev–Trinajstić information content (AvgIpc) is 2.70. The van der Waals surface area contributed by atoms with Crippen LogP contribution in [0.25, 0.3) is 0 Å². The van der Waals surface area contributed by atoms with Crippen molar-refractivity contribution >= 4 is 29.1 Å². The van der Waals surface area contributed by atoms with E-state index in [0.29, 0.717) is 22.9 Å². The molecule has 3 aromatic rings. The number of ether oxygens (including phenoxy) is 1. The molecule has 1 heterocycles. The lowest BCUT2D eigenvalue weighted by atomic mass is 10.1. The molecule has 7 heteroatoms. The fraction of sp³-hybridized carbons (Fsp3) is 0.182. The Balaban J connectivity index is 1.81. The summed E-state index contributed by atoms with van der Waals surface area (Å²) < 4.78 is 4.70. The van der Waals surface area contributed by atoms with Gasteiger partial charge in [0.25, 0.3) is 5.91 Å². The van der Waals surface area contributed by atoms with Crippen LogP contribution >= 0.6 is 0 Å². The van der Waals surface area contributed by atoms with Crippen LogP contribution in [0, 0.1) is 20.8 Å². The van der Waals surface area contributed by atoms with Gasteiger partial charge in [0.15, 0.2) is 0 Å². The van der Waals surface area contributed by atoms with Crippen molar-refractivity contribution in [3.63, 3.8) is 0 Å². The van der Waals surface area contributed by atoms with E-state index in [1.165, 1.54) is 12.7 Å². The molecule has 7 nitrogen and oxygen atoms in total. The van der Waals surface area contributed by atoms with Crippen molar-refractivity contribution in [3.05, 3.63) is 76.7 Å². The molecule has 0 bridgehead atoms. The lowest BCUT2D eigenvalue weighted by Gasteiger charge is -2.11. The molecule has 0 atom stereocenters. The minimum Gasteiger partial charge on any atom is -0.465 e. The maximum atomic E-state index is 12.7. The number of hydrogen-bond acceptors (Lipinski definition) is 6. The molecule has 29 heavy (non-hydrogen) atoms. The quantitative estimate of drug-likeness (QED) is 0.635. The number of methoxy groups -OCH3 is 1. The SMILES string of the molecule is COC(=O)c1cccc(NC(=O)c2cc(Nc3ccc(C)c(C)c3)nc(C)n2)c1. The maximum Gasteiger partial charge on any atom is 0.337 e. The zero-order valence-corrected chi connectivity index (χ0v) is 16.7. The third-order valence-electron chi connectivity index (χ3n) is 4.39. The van der Waals surface area contributed by atoms with Crippen LogP contribution in [-0.4, -0.2) is 29.0 Å². The van der Waals surface area contributed by atoms with Crippen LogP contribution in [0.3, 0.4) is 0 Å². The largest absolute Gasteiger partial charge is 0.465 e. The topological polar surface area (TPSA) is 93.2 Å². The molecule has 1 amide bonds. The summed E-state index contributed by atoms with van der Waals surface area (Å²) in [5.74, 6) is 0.112. The Labute approximate surface area is 169 Å². The Morgan fingerprint density at radius 3 is 2.41 bits per heavy atom. The highest BCUT2D eigenvalue weighted by molar-refractivity contribution is 6.04. The fourth-order valence-corrected chi connectivity index (χ4v) is 2.75. The van der Waals surface area contributed by atoms with Gasteiger partial charge in [0, 0.05) is 17.4 Å². The van der Waals surface area contributed by atoms with Gasteiger partial charge in [-0.1, -0.05) is 12.1 Å². The highest BCUT2D eigenvalue weighted by atomic mass is 16.5. The lowest BCUT2D eigenvalue weighted by Crippen LogP contribution is -2.16. The number of carbonyl (C=O) groups excluding carboxylic acids is 2. The molecule has 0 radical (unpaired) electrons. The number of carbonyl (C=O) groups is 2. The van der Waals surface area contributed by atoms with Crippen molar-refractivity contribution in [2.75, 3.05) is 17.7 Å². The van der Waals surface area contributed by atoms with Crippen LogP contribution in [0.5, 0.6) is 0 Å². The molecular weight excluding hydrogens is 368 g/mol. The Morgan fingerprint density at radius 2 is 1.69 bits per heavy atom. The van der Waals surface area contributed by atoms with Crippen molar-refractivity contribution in [2.24, 2.45) is 0 Å². The van der Waals surface area contributed by atoms with Gasteiger partial charge in [0.05, 0.1) is 12.7 Å². The maximum absolute atomic E-state index is 12.7. The Kier molecular flexibility index (Phi) is 5.87. The lowest BCUT2D eigenvalue weighted by molar-refractivity contribution is 0.0600. The molecule has 148 valence electrons. The number of aromatic nitrogens is 2. The van der Waals surface area contributed by atoms with Crippen LogP contribution in [0.2, 0.25) is 0 Å². The molecule has 0 aliphatic rings. The van der Waals surface area contributed by atoms with E-state index in [9.17, 15) is 9.59 Å². The number of nitrogens with zero attached hydrogens (tertiary/aromatic N) is 2. The first-order valence-corrected chi connectivity index (χ1v) is 9.05. The Morgan fingerprint density at radius 1 is 0.897 bits per heavy atom. The van der Waals surface area contributed by atoms with Gasteiger partial charge in [-0.3, -0.25) is 4.79 Å². The van der Waals surface area contributed by atoms with Crippen LogP contribution in [0.1, 0.15) is 37.8 Å². The summed E-state index contributed by atoms with van der Waals surface area (Å²) in [6.07, 6.45) is 0. The minimum absolute atomic E-state index is 0.215. The van der Waals surface area contributed by atoms with Crippen molar-refractivity contribution in [1.82, 2.24) is 9.97 Å². The van der Waals surface area contributed by atoms with E-state index in [-0.39, 0.29) is 5.69 Å². The van der Waals surface area contributed by atoms with Crippen molar-refractivity contribution < 1.29 is 14.3 Å². The predicted molar refractivity (Wildman–Crippen MR) is 112 cm³/mol. The molecule has 0 saturated heterocycles. The van der Waals surface area contributed by atoms with Gasteiger partial charge in [-0.05, 0) is 62.2 Å². The molecule has 0 unspecified atom stereocenters. The zero-order chi connectivity index (χ0) is 21.0. The molecule has 0 spiro atoms. The summed E-state index contributed by atoms with van der Waals surface area (Å²) in [5, 5.41) is 5.96. The summed E-state index contributed by atoms with van der Waals surface area (Å²) in [5.41, 5.74) is 4.27. The number of esters is 1. The summed E-state index contributed by atoms with van der Waals surface area (Å²) in [7, 11) is 1.31. The highest BCUT2D eigenvalue weighted by Crippen LogP contribution is 2.20. The molecular formula is C22H22N4O3. The van der Waals surface area contributed by atoms with Gasteiger partial charge in [0.2, 0.25) is 0 Å². The number of amides is 1. The first-order valence-electron chi connectivity index (χ1n) is 9.05. The number of rotatable bonds is 5. The van der Waals surface area contributed by atoms with E-state index in [1.807, 2.05) is 32.0 Å². The van der Waals surface area contributed by atoms with Gasteiger partial charge in [-0.25, -0.2) is 14.8 Å². The molecule has 2 N–H and O–H groups in total. The third-order valence-corrected chi connectivity index (χ3v) is 4.39. The summed E-state index contributed by atoms with van der Waals surface area (Å²) in [6, 6.07) is 14.1.